The summed E-state index contributed by atoms with van der Waals surface area (Å²) in [5.41, 5.74) is 2.53. The number of aromatic hydroxyl groups is 1. The maximum atomic E-state index is 10.9. The van der Waals surface area contributed by atoms with Crippen molar-refractivity contribution in [2.45, 2.75) is 38.5 Å². The summed E-state index contributed by atoms with van der Waals surface area (Å²) in [5.74, 6) is -0.606. The molecule has 1 aliphatic rings. The molecule has 4 heteroatoms. The van der Waals surface area contributed by atoms with Gasteiger partial charge in [-0.1, -0.05) is 0 Å². The predicted molar refractivity (Wildman–Crippen MR) is 68.4 cm³/mol. The van der Waals surface area contributed by atoms with Gasteiger partial charge < -0.3 is 10.2 Å². The molecule has 0 bridgehead atoms. The van der Waals surface area contributed by atoms with Gasteiger partial charge in [0.05, 0.1) is 10.9 Å². The molecule has 0 saturated heterocycles. The van der Waals surface area contributed by atoms with Crippen LogP contribution in [0.3, 0.4) is 0 Å². The van der Waals surface area contributed by atoms with E-state index in [1.165, 1.54) is 0 Å². The third-order valence-electron chi connectivity index (χ3n) is 3.65. The number of carbonyl (C=O) groups is 1. The summed E-state index contributed by atoms with van der Waals surface area (Å²) in [6.07, 6.45) is 1.77. The third kappa shape index (κ3) is 2.06. The van der Waals surface area contributed by atoms with Crippen molar-refractivity contribution in [3.8, 4) is 5.75 Å². The zero-order valence-electron chi connectivity index (χ0n) is 9.88. The molecule has 92 valence electrons. The van der Waals surface area contributed by atoms with E-state index in [0.29, 0.717) is 4.47 Å². The number of carboxylic acids is 1. The maximum Gasteiger partial charge on any atom is 0.304 e. The van der Waals surface area contributed by atoms with Crippen molar-refractivity contribution < 1.29 is 15.0 Å². The quantitative estimate of drug-likeness (QED) is 0.900. The average Bonchev–Trinajstić information content (AvgIpc) is 2.95. The van der Waals surface area contributed by atoms with Gasteiger partial charge in [0.1, 0.15) is 5.75 Å². The molecular formula is C13H15BrO3. The van der Waals surface area contributed by atoms with Crippen LogP contribution in [-0.4, -0.2) is 16.2 Å². The average molecular weight is 299 g/mol. The van der Waals surface area contributed by atoms with Crippen LogP contribution in [0.2, 0.25) is 0 Å². The minimum Gasteiger partial charge on any atom is -0.506 e. The number of hydrogen-bond acceptors (Lipinski definition) is 2. The Labute approximate surface area is 109 Å². The normalized spacial score (nSPS) is 16.9. The van der Waals surface area contributed by atoms with Gasteiger partial charge in [0, 0.05) is 11.0 Å². The van der Waals surface area contributed by atoms with Gasteiger partial charge in [-0.15, -0.1) is 0 Å². The molecule has 1 saturated carbocycles. The van der Waals surface area contributed by atoms with Crippen LogP contribution in [0.15, 0.2) is 10.5 Å². The number of aryl methyl sites for hydroxylation is 1. The first-order valence-electron chi connectivity index (χ1n) is 5.58. The second-order valence-electron chi connectivity index (χ2n) is 4.87. The molecule has 0 amide bonds. The molecule has 2 N–H and O–H groups in total. The van der Waals surface area contributed by atoms with Crippen LogP contribution in [0.5, 0.6) is 5.75 Å². The van der Waals surface area contributed by atoms with E-state index in [1.807, 2.05) is 19.9 Å². The predicted octanol–water partition coefficient (Wildman–Crippen LogP) is 3.28. The van der Waals surface area contributed by atoms with Crippen LogP contribution in [0.25, 0.3) is 0 Å². The zero-order valence-corrected chi connectivity index (χ0v) is 11.5. The van der Waals surface area contributed by atoms with Crippen molar-refractivity contribution in [2.24, 2.45) is 0 Å². The van der Waals surface area contributed by atoms with Crippen LogP contribution < -0.4 is 0 Å². The van der Waals surface area contributed by atoms with Gasteiger partial charge in [-0.05, 0) is 59.8 Å². The molecule has 0 radical (unpaired) electrons. The highest BCUT2D eigenvalue weighted by molar-refractivity contribution is 9.10. The fraction of sp³-hybridized carbons (Fsp3) is 0.462. The van der Waals surface area contributed by atoms with E-state index >= 15 is 0 Å². The Kier molecular flexibility index (Phi) is 2.94. The second kappa shape index (κ2) is 4.02. The summed E-state index contributed by atoms with van der Waals surface area (Å²) in [5, 5.41) is 19.1. The largest absolute Gasteiger partial charge is 0.506 e. The van der Waals surface area contributed by atoms with E-state index in [-0.39, 0.29) is 17.6 Å². The number of rotatable bonds is 3. The Bertz CT molecular complexity index is 464. The van der Waals surface area contributed by atoms with Crippen molar-refractivity contribution in [3.05, 3.63) is 27.2 Å². The first-order chi connectivity index (χ1) is 7.87. The minimum atomic E-state index is -0.807. The molecule has 0 atom stereocenters. The number of halogens is 1. The van der Waals surface area contributed by atoms with Crippen molar-refractivity contribution in [2.75, 3.05) is 0 Å². The van der Waals surface area contributed by atoms with E-state index in [9.17, 15) is 9.90 Å². The highest BCUT2D eigenvalue weighted by Crippen LogP contribution is 2.56. The van der Waals surface area contributed by atoms with Gasteiger partial charge >= 0.3 is 5.97 Å². The first kappa shape index (κ1) is 12.4. The lowest BCUT2D eigenvalue weighted by Gasteiger charge is -2.20. The highest BCUT2D eigenvalue weighted by Gasteiger charge is 2.48. The van der Waals surface area contributed by atoms with Crippen LogP contribution >= 0.6 is 15.9 Å². The van der Waals surface area contributed by atoms with Gasteiger partial charge in [0.25, 0.3) is 0 Å². The Morgan fingerprint density at radius 3 is 2.53 bits per heavy atom. The molecule has 17 heavy (non-hydrogen) atoms. The molecule has 0 aromatic heterocycles. The molecule has 0 heterocycles. The molecule has 1 aliphatic carbocycles. The molecule has 1 fully saturated rings. The third-order valence-corrected chi connectivity index (χ3v) is 4.25. The number of phenolic OH excluding ortho intramolecular Hbond substituents is 1. The monoisotopic (exact) mass is 298 g/mol. The van der Waals surface area contributed by atoms with Gasteiger partial charge in [-0.3, -0.25) is 4.79 Å². The fourth-order valence-corrected chi connectivity index (χ4v) is 3.01. The van der Waals surface area contributed by atoms with Gasteiger partial charge in [0.2, 0.25) is 0 Å². The molecule has 1 aromatic carbocycles. The van der Waals surface area contributed by atoms with Crippen molar-refractivity contribution in [3.63, 3.8) is 0 Å². The Hall–Kier alpha value is -1.03. The Morgan fingerprint density at radius 2 is 2.06 bits per heavy atom. The molecule has 3 nitrogen and oxygen atoms in total. The number of aliphatic carboxylic acids is 1. The van der Waals surface area contributed by atoms with Crippen molar-refractivity contribution >= 4 is 21.9 Å². The minimum absolute atomic E-state index is 0.0945. The van der Waals surface area contributed by atoms with E-state index < -0.39 is 5.97 Å². The smallest absolute Gasteiger partial charge is 0.304 e. The number of carboxylic acid groups (broad SMARTS) is 1. The van der Waals surface area contributed by atoms with E-state index in [4.69, 9.17) is 5.11 Å². The molecule has 0 unspecified atom stereocenters. The van der Waals surface area contributed by atoms with Crippen LogP contribution in [-0.2, 0) is 10.2 Å². The lowest BCUT2D eigenvalue weighted by atomic mass is 9.86. The Balaban J connectivity index is 2.55. The summed E-state index contributed by atoms with van der Waals surface area (Å²) in [6.45, 7) is 3.92. The maximum absolute atomic E-state index is 10.9. The molecule has 0 spiro atoms. The molecule has 2 rings (SSSR count). The molecule has 1 aromatic rings. The summed E-state index contributed by atoms with van der Waals surface area (Å²) in [4.78, 5) is 10.9. The first-order valence-corrected chi connectivity index (χ1v) is 6.37. The van der Waals surface area contributed by atoms with Crippen LogP contribution in [0, 0.1) is 13.8 Å². The summed E-state index contributed by atoms with van der Waals surface area (Å²) < 4.78 is 0.646. The number of phenols is 1. The number of benzene rings is 1. The topological polar surface area (TPSA) is 57.5 Å². The van der Waals surface area contributed by atoms with Crippen molar-refractivity contribution in [1.82, 2.24) is 0 Å². The zero-order chi connectivity index (χ0) is 12.8. The highest BCUT2D eigenvalue weighted by atomic mass is 79.9. The van der Waals surface area contributed by atoms with Crippen LogP contribution in [0.4, 0.5) is 0 Å². The van der Waals surface area contributed by atoms with Gasteiger partial charge in [-0.25, -0.2) is 0 Å². The molecule has 0 aliphatic heterocycles. The molecular weight excluding hydrogens is 284 g/mol. The van der Waals surface area contributed by atoms with E-state index in [2.05, 4.69) is 15.9 Å². The SMILES string of the molecule is Cc1cc(Br)c(O)c(C2(CC(=O)O)CC2)c1C. The number of hydrogen-bond donors (Lipinski definition) is 2. The summed E-state index contributed by atoms with van der Waals surface area (Å²) in [7, 11) is 0. The Morgan fingerprint density at radius 1 is 1.47 bits per heavy atom. The van der Waals surface area contributed by atoms with Gasteiger partial charge in [0.15, 0.2) is 0 Å². The summed E-state index contributed by atoms with van der Waals surface area (Å²) >= 11 is 3.32. The standard InChI is InChI=1S/C13H15BrO3/c1-7-5-9(14)12(17)11(8(7)2)13(3-4-13)6-10(15)16/h5,17H,3-4,6H2,1-2H3,(H,15,16). The van der Waals surface area contributed by atoms with E-state index in [0.717, 1.165) is 29.5 Å². The van der Waals surface area contributed by atoms with Gasteiger partial charge in [-0.2, -0.15) is 0 Å². The lowest BCUT2D eigenvalue weighted by Crippen LogP contribution is -2.15. The lowest BCUT2D eigenvalue weighted by molar-refractivity contribution is -0.137. The van der Waals surface area contributed by atoms with Crippen molar-refractivity contribution in [1.29, 1.82) is 0 Å². The van der Waals surface area contributed by atoms with E-state index in [1.54, 1.807) is 0 Å². The second-order valence-corrected chi connectivity index (χ2v) is 5.73. The van der Waals surface area contributed by atoms with Crippen LogP contribution in [0.1, 0.15) is 36.0 Å². The fourth-order valence-electron chi connectivity index (χ4n) is 2.47. The summed E-state index contributed by atoms with van der Waals surface area (Å²) in [6, 6.07) is 1.87.